The van der Waals surface area contributed by atoms with Crippen LogP contribution in [0.1, 0.15) is 45.1 Å². The first-order valence-electron chi connectivity index (χ1n) is 8.94. The van der Waals surface area contributed by atoms with Crippen molar-refractivity contribution in [3.63, 3.8) is 0 Å². The molecule has 0 saturated carbocycles. The molecule has 1 aromatic carbocycles. The Morgan fingerprint density at radius 3 is 2.35 bits per heavy atom. The standard InChI is InChI=1S/C19H25N3O4/c1-3-4-6-9-14(2)20-16(23)13-22-18(25)17(24)21(19(22)26)12-15-10-7-5-8-11-15/h5,7-8,10-11,14H,3-4,6,9,12-13H2,1-2H3,(H,20,23)/t14-/m1/s1. The molecule has 1 atom stereocenters. The summed E-state index contributed by atoms with van der Waals surface area (Å²) in [6.45, 7) is 3.56. The van der Waals surface area contributed by atoms with Gasteiger partial charge in [0.1, 0.15) is 6.54 Å². The van der Waals surface area contributed by atoms with Crippen molar-refractivity contribution in [3.05, 3.63) is 35.9 Å². The van der Waals surface area contributed by atoms with E-state index in [1.807, 2.05) is 13.0 Å². The largest absolute Gasteiger partial charge is 0.352 e. The fourth-order valence-corrected chi connectivity index (χ4v) is 2.83. The number of benzene rings is 1. The van der Waals surface area contributed by atoms with Crippen LogP contribution >= 0.6 is 0 Å². The maximum Gasteiger partial charge on any atom is 0.335 e. The number of nitrogens with one attached hydrogen (secondary N) is 1. The summed E-state index contributed by atoms with van der Waals surface area (Å²) in [5.41, 5.74) is 0.734. The highest BCUT2D eigenvalue weighted by molar-refractivity contribution is 6.44. The van der Waals surface area contributed by atoms with Gasteiger partial charge in [-0.3, -0.25) is 19.3 Å². The Labute approximate surface area is 153 Å². The summed E-state index contributed by atoms with van der Waals surface area (Å²) in [5, 5.41) is 2.77. The zero-order valence-electron chi connectivity index (χ0n) is 15.2. The van der Waals surface area contributed by atoms with Gasteiger partial charge in [0, 0.05) is 6.04 Å². The lowest BCUT2D eigenvalue weighted by Gasteiger charge is -2.17. The minimum Gasteiger partial charge on any atom is -0.352 e. The Kier molecular flexibility index (Phi) is 6.89. The Hall–Kier alpha value is -2.70. The van der Waals surface area contributed by atoms with Crippen molar-refractivity contribution in [2.75, 3.05) is 6.54 Å². The van der Waals surface area contributed by atoms with Crippen LogP contribution in [-0.2, 0) is 20.9 Å². The molecule has 7 nitrogen and oxygen atoms in total. The second kappa shape index (κ2) is 9.12. The van der Waals surface area contributed by atoms with Gasteiger partial charge in [0.05, 0.1) is 6.54 Å². The Morgan fingerprint density at radius 1 is 1.04 bits per heavy atom. The lowest BCUT2D eigenvalue weighted by atomic mass is 10.1. The number of imide groups is 2. The van der Waals surface area contributed by atoms with Gasteiger partial charge in [-0.05, 0) is 18.9 Å². The molecule has 1 aliphatic heterocycles. The highest BCUT2D eigenvalue weighted by Gasteiger charge is 2.45. The van der Waals surface area contributed by atoms with E-state index in [2.05, 4.69) is 12.2 Å². The molecule has 1 heterocycles. The smallest absolute Gasteiger partial charge is 0.335 e. The van der Waals surface area contributed by atoms with E-state index in [0.717, 1.165) is 36.1 Å². The lowest BCUT2D eigenvalue weighted by molar-refractivity contribution is -0.144. The molecule has 1 N–H and O–H groups in total. The molecule has 7 heteroatoms. The maximum atomic E-state index is 12.4. The number of urea groups is 1. The molecule has 0 aliphatic carbocycles. The van der Waals surface area contributed by atoms with Crippen LogP contribution in [0.25, 0.3) is 0 Å². The molecule has 5 amide bonds. The van der Waals surface area contributed by atoms with Gasteiger partial charge in [-0.1, -0.05) is 56.5 Å². The van der Waals surface area contributed by atoms with Crippen molar-refractivity contribution < 1.29 is 19.2 Å². The predicted octanol–water partition coefficient (Wildman–Crippen LogP) is 2.06. The molecule has 0 bridgehead atoms. The van der Waals surface area contributed by atoms with Gasteiger partial charge in [0.2, 0.25) is 5.91 Å². The van der Waals surface area contributed by atoms with E-state index in [1.165, 1.54) is 0 Å². The zero-order chi connectivity index (χ0) is 19.1. The van der Waals surface area contributed by atoms with Gasteiger partial charge < -0.3 is 5.32 Å². The van der Waals surface area contributed by atoms with Crippen LogP contribution in [0, 0.1) is 0 Å². The molecule has 1 aliphatic rings. The fraction of sp³-hybridized carbons (Fsp3) is 0.474. The van der Waals surface area contributed by atoms with E-state index in [-0.39, 0.29) is 12.6 Å². The third-order valence-electron chi connectivity index (χ3n) is 4.27. The average Bonchev–Trinajstić information content (AvgIpc) is 2.81. The molecule has 26 heavy (non-hydrogen) atoms. The molecule has 0 aromatic heterocycles. The van der Waals surface area contributed by atoms with Gasteiger partial charge in [-0.25, -0.2) is 9.69 Å². The van der Waals surface area contributed by atoms with Crippen molar-refractivity contribution in [2.24, 2.45) is 0 Å². The molecule has 0 unspecified atom stereocenters. The monoisotopic (exact) mass is 359 g/mol. The van der Waals surface area contributed by atoms with E-state index in [0.29, 0.717) is 4.90 Å². The molecular formula is C19H25N3O4. The third kappa shape index (κ3) is 4.91. The van der Waals surface area contributed by atoms with E-state index in [9.17, 15) is 19.2 Å². The van der Waals surface area contributed by atoms with Crippen molar-refractivity contribution in [1.29, 1.82) is 0 Å². The highest BCUT2D eigenvalue weighted by atomic mass is 16.2. The van der Waals surface area contributed by atoms with E-state index in [4.69, 9.17) is 0 Å². The minimum atomic E-state index is -0.959. The molecular weight excluding hydrogens is 334 g/mol. The fourth-order valence-electron chi connectivity index (χ4n) is 2.83. The van der Waals surface area contributed by atoms with Crippen LogP contribution < -0.4 is 5.32 Å². The van der Waals surface area contributed by atoms with Gasteiger partial charge in [-0.15, -0.1) is 0 Å². The van der Waals surface area contributed by atoms with Gasteiger partial charge in [0.15, 0.2) is 0 Å². The molecule has 0 spiro atoms. The van der Waals surface area contributed by atoms with E-state index in [1.54, 1.807) is 24.3 Å². The second-order valence-electron chi connectivity index (χ2n) is 6.52. The number of hydrogen-bond acceptors (Lipinski definition) is 4. The van der Waals surface area contributed by atoms with E-state index < -0.39 is 30.3 Å². The highest BCUT2D eigenvalue weighted by Crippen LogP contribution is 2.15. The molecule has 1 fully saturated rings. The number of rotatable bonds is 9. The molecule has 1 aromatic rings. The number of carbonyl (C=O) groups is 4. The number of carbonyl (C=O) groups excluding carboxylic acids is 4. The van der Waals surface area contributed by atoms with E-state index >= 15 is 0 Å². The van der Waals surface area contributed by atoms with Crippen molar-refractivity contribution in [1.82, 2.24) is 15.1 Å². The Balaban J connectivity index is 1.93. The van der Waals surface area contributed by atoms with Crippen LogP contribution in [0.2, 0.25) is 0 Å². The summed E-state index contributed by atoms with van der Waals surface area (Å²) in [4.78, 5) is 50.3. The first-order chi connectivity index (χ1) is 12.4. The molecule has 0 radical (unpaired) electrons. The first-order valence-corrected chi connectivity index (χ1v) is 8.94. The summed E-state index contributed by atoms with van der Waals surface area (Å²) < 4.78 is 0. The molecule has 2 rings (SSSR count). The lowest BCUT2D eigenvalue weighted by Crippen LogP contribution is -2.44. The van der Waals surface area contributed by atoms with Crippen LogP contribution in [-0.4, -0.2) is 46.1 Å². The zero-order valence-corrected chi connectivity index (χ0v) is 15.2. The van der Waals surface area contributed by atoms with Crippen LogP contribution in [0.3, 0.4) is 0 Å². The van der Waals surface area contributed by atoms with Gasteiger partial charge >= 0.3 is 17.8 Å². The number of amides is 5. The van der Waals surface area contributed by atoms with Gasteiger partial charge in [-0.2, -0.15) is 0 Å². The topological polar surface area (TPSA) is 86.8 Å². The normalized spacial score (nSPS) is 15.5. The maximum absolute atomic E-state index is 12.4. The Morgan fingerprint density at radius 2 is 1.69 bits per heavy atom. The SMILES string of the molecule is CCCCC[C@@H](C)NC(=O)CN1C(=O)C(=O)N(Cc2ccccc2)C1=O. The van der Waals surface area contributed by atoms with Crippen molar-refractivity contribution in [3.8, 4) is 0 Å². The quantitative estimate of drug-likeness (QED) is 0.415. The van der Waals surface area contributed by atoms with Crippen LogP contribution in [0.15, 0.2) is 30.3 Å². The van der Waals surface area contributed by atoms with Crippen LogP contribution in [0.4, 0.5) is 4.79 Å². The number of nitrogens with zero attached hydrogens (tertiary/aromatic N) is 2. The first kappa shape index (κ1) is 19.6. The third-order valence-corrected chi connectivity index (χ3v) is 4.27. The number of hydrogen-bond donors (Lipinski definition) is 1. The van der Waals surface area contributed by atoms with Crippen molar-refractivity contribution in [2.45, 2.75) is 52.1 Å². The van der Waals surface area contributed by atoms with Crippen LogP contribution in [0.5, 0.6) is 0 Å². The minimum absolute atomic E-state index is 0.00971. The second-order valence-corrected chi connectivity index (χ2v) is 6.52. The Bertz CT molecular complexity index is 675. The average molecular weight is 359 g/mol. The molecule has 140 valence electrons. The van der Waals surface area contributed by atoms with Gasteiger partial charge in [0.25, 0.3) is 0 Å². The molecule has 1 saturated heterocycles. The number of unbranched alkanes of at least 4 members (excludes halogenated alkanes) is 2. The summed E-state index contributed by atoms with van der Waals surface area (Å²) in [5.74, 6) is -2.30. The summed E-state index contributed by atoms with van der Waals surface area (Å²) in [7, 11) is 0. The van der Waals surface area contributed by atoms with Crippen molar-refractivity contribution >= 4 is 23.8 Å². The predicted molar refractivity (Wildman–Crippen MR) is 95.8 cm³/mol. The summed E-state index contributed by atoms with van der Waals surface area (Å²) in [6, 6.07) is 8.12. The summed E-state index contributed by atoms with van der Waals surface area (Å²) in [6.07, 6.45) is 4.02. The summed E-state index contributed by atoms with van der Waals surface area (Å²) >= 11 is 0.